The third kappa shape index (κ3) is 2.18. The number of aromatic nitrogens is 1. The molecule has 0 fully saturated rings. The molecule has 2 atom stereocenters. The molecule has 6 heteroatoms. The van der Waals surface area contributed by atoms with Crippen molar-refractivity contribution in [1.82, 2.24) is 4.98 Å². The van der Waals surface area contributed by atoms with Crippen molar-refractivity contribution in [2.45, 2.75) is 12.2 Å². The van der Waals surface area contributed by atoms with Crippen LogP contribution in [0.4, 0.5) is 5.82 Å². The van der Waals surface area contributed by atoms with Gasteiger partial charge in [0.25, 0.3) is 0 Å². The van der Waals surface area contributed by atoms with E-state index >= 15 is 0 Å². The number of nitrogens with zero attached hydrogens (tertiary/aromatic N) is 1. The molecule has 76 valence electrons. The number of rotatable bonds is 3. The van der Waals surface area contributed by atoms with Gasteiger partial charge in [0.1, 0.15) is 11.9 Å². The maximum Gasteiger partial charge on any atom is 0.249 e. The van der Waals surface area contributed by atoms with Crippen molar-refractivity contribution in [3.63, 3.8) is 0 Å². The number of amides is 1. The van der Waals surface area contributed by atoms with Gasteiger partial charge in [-0.05, 0) is 6.07 Å². The van der Waals surface area contributed by atoms with E-state index in [0.717, 1.165) is 0 Å². The molecule has 0 spiro atoms. The molecule has 1 aromatic heterocycles. The fraction of sp³-hybridized carbons (Fsp3) is 0.250. The van der Waals surface area contributed by atoms with Gasteiger partial charge in [0.2, 0.25) is 5.91 Å². The molecule has 0 aliphatic carbocycles. The Morgan fingerprint density at radius 3 is 2.50 bits per heavy atom. The zero-order valence-electron chi connectivity index (χ0n) is 7.29. The average Bonchev–Trinajstić information content (AvgIpc) is 2.16. The van der Waals surface area contributed by atoms with Crippen LogP contribution >= 0.6 is 0 Å². The van der Waals surface area contributed by atoms with E-state index in [0.29, 0.717) is 0 Å². The van der Waals surface area contributed by atoms with Gasteiger partial charge in [-0.2, -0.15) is 0 Å². The number of aliphatic hydroxyl groups excluding tert-OH is 2. The number of carbonyl (C=O) groups excluding carboxylic acids is 1. The molecular weight excluding hydrogens is 186 g/mol. The third-order valence-corrected chi connectivity index (χ3v) is 1.74. The Morgan fingerprint density at radius 1 is 1.43 bits per heavy atom. The van der Waals surface area contributed by atoms with Gasteiger partial charge in [0.15, 0.2) is 6.10 Å². The van der Waals surface area contributed by atoms with Gasteiger partial charge in [-0.25, -0.2) is 4.98 Å². The number of aliphatic hydroxyl groups is 2. The molecule has 0 saturated heterocycles. The molecular formula is C8H11N3O3. The van der Waals surface area contributed by atoms with Crippen molar-refractivity contribution >= 4 is 11.7 Å². The van der Waals surface area contributed by atoms with E-state index < -0.39 is 18.1 Å². The predicted molar refractivity (Wildman–Crippen MR) is 48.8 cm³/mol. The number of hydrogen-bond acceptors (Lipinski definition) is 5. The summed E-state index contributed by atoms with van der Waals surface area (Å²) in [6.45, 7) is 0. The van der Waals surface area contributed by atoms with Crippen molar-refractivity contribution in [3.05, 3.63) is 23.9 Å². The molecule has 6 nitrogen and oxygen atoms in total. The summed E-state index contributed by atoms with van der Waals surface area (Å²) in [5.74, 6) is -0.705. The van der Waals surface area contributed by atoms with Crippen LogP contribution < -0.4 is 11.5 Å². The fourth-order valence-corrected chi connectivity index (χ4v) is 0.930. The van der Waals surface area contributed by atoms with Gasteiger partial charge in [0, 0.05) is 11.8 Å². The Bertz CT molecular complexity index is 325. The normalized spacial score (nSPS) is 14.7. The fourth-order valence-electron chi connectivity index (χ4n) is 0.930. The van der Waals surface area contributed by atoms with Crippen LogP contribution in [0, 0.1) is 0 Å². The lowest BCUT2D eigenvalue weighted by Gasteiger charge is -2.14. The molecule has 1 heterocycles. The second-order valence-corrected chi connectivity index (χ2v) is 2.81. The van der Waals surface area contributed by atoms with Crippen LogP contribution in [0.15, 0.2) is 18.3 Å². The number of primary amides is 1. The van der Waals surface area contributed by atoms with Crippen molar-refractivity contribution < 1.29 is 15.0 Å². The smallest absolute Gasteiger partial charge is 0.249 e. The first-order chi connectivity index (χ1) is 6.52. The molecule has 0 bridgehead atoms. The molecule has 0 aromatic carbocycles. The minimum atomic E-state index is -1.64. The predicted octanol–water partition coefficient (Wildman–Crippen LogP) is -1.46. The Kier molecular flexibility index (Phi) is 3.00. The van der Waals surface area contributed by atoms with Crippen LogP contribution in [0.1, 0.15) is 11.7 Å². The topological polar surface area (TPSA) is 122 Å². The van der Waals surface area contributed by atoms with Crippen LogP contribution in [0.3, 0.4) is 0 Å². The average molecular weight is 197 g/mol. The van der Waals surface area contributed by atoms with Gasteiger partial charge < -0.3 is 21.7 Å². The maximum atomic E-state index is 10.5. The summed E-state index contributed by atoms with van der Waals surface area (Å²) in [7, 11) is 0. The van der Waals surface area contributed by atoms with Crippen LogP contribution in [0.25, 0.3) is 0 Å². The number of carbonyl (C=O) groups is 1. The Labute approximate surface area is 80.2 Å². The summed E-state index contributed by atoms with van der Waals surface area (Å²) >= 11 is 0. The zero-order valence-corrected chi connectivity index (χ0v) is 7.29. The van der Waals surface area contributed by atoms with E-state index in [1.165, 1.54) is 18.3 Å². The van der Waals surface area contributed by atoms with E-state index in [-0.39, 0.29) is 11.4 Å². The van der Waals surface area contributed by atoms with E-state index in [1.807, 2.05) is 0 Å². The number of hydrogen-bond donors (Lipinski definition) is 4. The number of pyridine rings is 1. The molecule has 0 aliphatic heterocycles. The molecule has 1 amide bonds. The van der Waals surface area contributed by atoms with Crippen LogP contribution in [-0.2, 0) is 4.79 Å². The van der Waals surface area contributed by atoms with Crippen LogP contribution in [0.2, 0.25) is 0 Å². The highest BCUT2D eigenvalue weighted by Gasteiger charge is 2.23. The highest BCUT2D eigenvalue weighted by Crippen LogP contribution is 2.16. The lowest BCUT2D eigenvalue weighted by Crippen LogP contribution is -2.33. The summed E-state index contributed by atoms with van der Waals surface area (Å²) in [5.41, 5.74) is 10.4. The highest BCUT2D eigenvalue weighted by molar-refractivity contribution is 5.79. The minimum absolute atomic E-state index is 0.283. The second-order valence-electron chi connectivity index (χ2n) is 2.81. The lowest BCUT2D eigenvalue weighted by molar-refractivity contribution is -0.131. The quantitative estimate of drug-likeness (QED) is 0.471. The molecule has 0 radical (unpaired) electrons. The Morgan fingerprint density at radius 2 is 2.07 bits per heavy atom. The molecule has 1 rings (SSSR count). The first kappa shape index (κ1) is 10.4. The number of anilines is 1. The van der Waals surface area contributed by atoms with Crippen molar-refractivity contribution in [2.75, 3.05) is 5.73 Å². The Balaban J connectivity index is 2.84. The molecule has 14 heavy (non-hydrogen) atoms. The molecule has 2 unspecified atom stereocenters. The highest BCUT2D eigenvalue weighted by atomic mass is 16.3. The number of nitrogen functional groups attached to an aromatic ring is 1. The molecule has 1 aromatic rings. The second kappa shape index (κ2) is 4.03. The van der Waals surface area contributed by atoms with Gasteiger partial charge in [-0.1, -0.05) is 6.07 Å². The summed E-state index contributed by atoms with van der Waals surface area (Å²) in [6.07, 6.45) is -1.74. The minimum Gasteiger partial charge on any atom is -0.385 e. The lowest BCUT2D eigenvalue weighted by atomic mass is 10.1. The van der Waals surface area contributed by atoms with Crippen molar-refractivity contribution in [2.24, 2.45) is 5.73 Å². The Hall–Kier alpha value is -1.66. The molecule has 0 aliphatic rings. The zero-order chi connectivity index (χ0) is 10.7. The summed E-state index contributed by atoms with van der Waals surface area (Å²) in [6, 6.07) is 2.91. The van der Waals surface area contributed by atoms with E-state index in [9.17, 15) is 9.90 Å². The first-order valence-corrected chi connectivity index (χ1v) is 3.89. The van der Waals surface area contributed by atoms with E-state index in [4.69, 9.17) is 16.6 Å². The SMILES string of the molecule is NC(=O)C(O)C(O)c1ccc(N)nc1. The standard InChI is InChI=1S/C8H11N3O3/c9-5-2-1-4(3-11-5)6(12)7(13)8(10)14/h1-3,6-7,12-13H,(H2,9,11)(H2,10,14). The van der Waals surface area contributed by atoms with Gasteiger partial charge in [-0.3, -0.25) is 4.79 Å². The molecule has 6 N–H and O–H groups in total. The van der Waals surface area contributed by atoms with Crippen LogP contribution in [0.5, 0.6) is 0 Å². The summed E-state index contributed by atoms with van der Waals surface area (Å²) in [5, 5.41) is 18.6. The van der Waals surface area contributed by atoms with Crippen molar-refractivity contribution in [1.29, 1.82) is 0 Å². The largest absolute Gasteiger partial charge is 0.385 e. The van der Waals surface area contributed by atoms with E-state index in [1.54, 1.807) is 0 Å². The summed E-state index contributed by atoms with van der Waals surface area (Å²) < 4.78 is 0. The van der Waals surface area contributed by atoms with Crippen LogP contribution in [-0.4, -0.2) is 27.2 Å². The van der Waals surface area contributed by atoms with Gasteiger partial charge >= 0.3 is 0 Å². The summed E-state index contributed by atoms with van der Waals surface area (Å²) in [4.78, 5) is 14.2. The number of nitrogens with two attached hydrogens (primary N) is 2. The van der Waals surface area contributed by atoms with Gasteiger partial charge in [-0.15, -0.1) is 0 Å². The molecule has 0 saturated carbocycles. The third-order valence-electron chi connectivity index (χ3n) is 1.74. The monoisotopic (exact) mass is 197 g/mol. The van der Waals surface area contributed by atoms with E-state index in [2.05, 4.69) is 4.98 Å². The van der Waals surface area contributed by atoms with Gasteiger partial charge in [0.05, 0.1) is 0 Å². The first-order valence-electron chi connectivity index (χ1n) is 3.89. The van der Waals surface area contributed by atoms with Crippen molar-refractivity contribution in [3.8, 4) is 0 Å². The maximum absolute atomic E-state index is 10.5.